The molecule has 0 heterocycles. The number of aryl methyl sites for hydroxylation is 1. The summed E-state index contributed by atoms with van der Waals surface area (Å²) >= 11 is 1.86. The summed E-state index contributed by atoms with van der Waals surface area (Å²) in [4.78, 5) is 0. The second kappa shape index (κ2) is 7.75. The average Bonchev–Trinajstić information content (AvgIpc) is 2.38. The van der Waals surface area contributed by atoms with Crippen LogP contribution in [0.15, 0.2) is 24.3 Å². The molecular formula is C14H23NOS. The van der Waals surface area contributed by atoms with Crippen LogP contribution in [-0.2, 0) is 11.2 Å². The predicted octanol–water partition coefficient (Wildman–Crippen LogP) is 3.02. The van der Waals surface area contributed by atoms with Crippen molar-refractivity contribution in [1.82, 2.24) is 0 Å². The molecular weight excluding hydrogens is 230 g/mol. The largest absolute Gasteiger partial charge is 0.384 e. The zero-order valence-electron chi connectivity index (χ0n) is 11.0. The van der Waals surface area contributed by atoms with Crippen molar-refractivity contribution < 1.29 is 4.74 Å². The number of rotatable bonds is 7. The first-order valence-corrected chi connectivity index (χ1v) is 7.18. The third-order valence-corrected chi connectivity index (χ3v) is 4.17. The van der Waals surface area contributed by atoms with Crippen molar-refractivity contribution in [3.05, 3.63) is 35.4 Å². The van der Waals surface area contributed by atoms with Gasteiger partial charge in [-0.15, -0.1) is 0 Å². The van der Waals surface area contributed by atoms with Crippen LogP contribution in [0.3, 0.4) is 0 Å². The first-order valence-electron chi connectivity index (χ1n) is 6.14. The van der Waals surface area contributed by atoms with Crippen molar-refractivity contribution in [1.29, 1.82) is 0 Å². The Morgan fingerprint density at radius 2 is 1.94 bits per heavy atom. The molecule has 0 amide bonds. The highest BCUT2D eigenvalue weighted by Crippen LogP contribution is 2.24. The Morgan fingerprint density at radius 1 is 1.29 bits per heavy atom. The molecule has 96 valence electrons. The molecule has 0 aromatic heterocycles. The van der Waals surface area contributed by atoms with Crippen molar-refractivity contribution in [2.24, 2.45) is 5.73 Å². The van der Waals surface area contributed by atoms with E-state index in [-0.39, 0.29) is 6.04 Å². The van der Waals surface area contributed by atoms with Crippen LogP contribution in [0.25, 0.3) is 0 Å². The summed E-state index contributed by atoms with van der Waals surface area (Å²) in [7, 11) is 1.73. The van der Waals surface area contributed by atoms with Crippen LogP contribution >= 0.6 is 11.8 Å². The topological polar surface area (TPSA) is 35.2 Å². The van der Waals surface area contributed by atoms with E-state index in [4.69, 9.17) is 10.5 Å². The minimum atomic E-state index is 0.0998. The highest BCUT2D eigenvalue weighted by molar-refractivity contribution is 7.99. The summed E-state index contributed by atoms with van der Waals surface area (Å²) in [6, 6.07) is 8.74. The van der Waals surface area contributed by atoms with E-state index in [1.165, 1.54) is 11.1 Å². The van der Waals surface area contributed by atoms with E-state index in [1.54, 1.807) is 7.11 Å². The van der Waals surface area contributed by atoms with Crippen molar-refractivity contribution in [3.63, 3.8) is 0 Å². The molecule has 0 saturated heterocycles. The van der Waals surface area contributed by atoms with E-state index in [9.17, 15) is 0 Å². The molecule has 0 aliphatic heterocycles. The van der Waals surface area contributed by atoms with Gasteiger partial charge in [-0.2, -0.15) is 11.8 Å². The smallest absolute Gasteiger partial charge is 0.0553 e. The molecule has 1 aromatic carbocycles. The van der Waals surface area contributed by atoms with E-state index in [2.05, 4.69) is 38.1 Å². The number of thioether (sulfide) groups is 1. The van der Waals surface area contributed by atoms with Gasteiger partial charge in [-0.3, -0.25) is 0 Å². The van der Waals surface area contributed by atoms with Gasteiger partial charge in [-0.25, -0.2) is 0 Å². The molecule has 0 bridgehead atoms. The fraction of sp³-hybridized carbons (Fsp3) is 0.571. The highest BCUT2D eigenvalue weighted by Gasteiger charge is 2.14. The van der Waals surface area contributed by atoms with Gasteiger partial charge in [0.05, 0.1) is 6.61 Å². The molecule has 3 heteroatoms. The van der Waals surface area contributed by atoms with Crippen LogP contribution in [0, 0.1) is 0 Å². The summed E-state index contributed by atoms with van der Waals surface area (Å²) in [6.45, 7) is 5.13. The van der Waals surface area contributed by atoms with E-state index in [0.717, 1.165) is 18.8 Å². The maximum absolute atomic E-state index is 6.25. The Hall–Kier alpha value is -0.510. The number of nitrogens with two attached hydrogens (primary N) is 1. The van der Waals surface area contributed by atoms with Gasteiger partial charge in [-0.05, 0) is 17.5 Å². The van der Waals surface area contributed by atoms with Gasteiger partial charge in [0, 0.05) is 24.2 Å². The van der Waals surface area contributed by atoms with Gasteiger partial charge in [0.1, 0.15) is 0 Å². The van der Waals surface area contributed by atoms with Gasteiger partial charge < -0.3 is 10.5 Å². The molecule has 1 aromatic rings. The standard InChI is InChI=1S/C14H23NOS/c1-4-12-5-7-13(8-6-12)14(15)11(2)17-10-9-16-3/h5-8,11,14H,4,9-10,15H2,1-3H3. The number of hydrogen-bond acceptors (Lipinski definition) is 3. The number of methoxy groups -OCH3 is 1. The van der Waals surface area contributed by atoms with Crippen LogP contribution in [0.4, 0.5) is 0 Å². The Labute approximate surface area is 109 Å². The zero-order chi connectivity index (χ0) is 12.7. The van der Waals surface area contributed by atoms with Crippen LogP contribution in [0.5, 0.6) is 0 Å². The maximum atomic E-state index is 6.25. The van der Waals surface area contributed by atoms with E-state index >= 15 is 0 Å². The minimum absolute atomic E-state index is 0.0998. The van der Waals surface area contributed by atoms with Crippen LogP contribution < -0.4 is 5.73 Å². The number of hydrogen-bond donors (Lipinski definition) is 1. The minimum Gasteiger partial charge on any atom is -0.384 e. The molecule has 0 aliphatic rings. The Bertz CT molecular complexity index is 313. The van der Waals surface area contributed by atoms with Gasteiger partial charge >= 0.3 is 0 Å². The van der Waals surface area contributed by atoms with Crippen molar-refractivity contribution in [2.75, 3.05) is 19.5 Å². The molecule has 0 spiro atoms. The lowest BCUT2D eigenvalue weighted by Crippen LogP contribution is -2.21. The number of benzene rings is 1. The summed E-state index contributed by atoms with van der Waals surface area (Å²) in [5.41, 5.74) is 8.83. The summed E-state index contributed by atoms with van der Waals surface area (Å²) in [5.74, 6) is 0.998. The molecule has 0 radical (unpaired) electrons. The Kier molecular flexibility index (Phi) is 6.63. The van der Waals surface area contributed by atoms with Crippen molar-refractivity contribution in [3.8, 4) is 0 Å². The molecule has 17 heavy (non-hydrogen) atoms. The normalized spacial score (nSPS) is 14.6. The van der Waals surface area contributed by atoms with Gasteiger partial charge in [0.2, 0.25) is 0 Å². The monoisotopic (exact) mass is 253 g/mol. The SMILES string of the molecule is CCc1ccc(C(N)C(C)SCCOC)cc1. The van der Waals surface area contributed by atoms with Crippen molar-refractivity contribution >= 4 is 11.8 Å². The lowest BCUT2D eigenvalue weighted by Gasteiger charge is -2.20. The lowest BCUT2D eigenvalue weighted by molar-refractivity contribution is 0.218. The summed E-state index contributed by atoms with van der Waals surface area (Å²) in [6.07, 6.45) is 1.08. The van der Waals surface area contributed by atoms with Gasteiger partial charge in [0.25, 0.3) is 0 Å². The summed E-state index contributed by atoms with van der Waals surface area (Å²) in [5, 5.41) is 0.414. The van der Waals surface area contributed by atoms with Crippen LogP contribution in [-0.4, -0.2) is 24.7 Å². The summed E-state index contributed by atoms with van der Waals surface area (Å²) < 4.78 is 5.05. The molecule has 1 rings (SSSR count). The zero-order valence-corrected chi connectivity index (χ0v) is 11.8. The average molecular weight is 253 g/mol. The van der Waals surface area contributed by atoms with Gasteiger partial charge in [-0.1, -0.05) is 38.1 Å². The molecule has 2 unspecified atom stereocenters. The van der Waals surface area contributed by atoms with Gasteiger partial charge in [0.15, 0.2) is 0 Å². The number of ether oxygens (including phenoxy) is 1. The van der Waals surface area contributed by atoms with E-state index in [1.807, 2.05) is 11.8 Å². The lowest BCUT2D eigenvalue weighted by atomic mass is 10.0. The van der Waals surface area contributed by atoms with E-state index < -0.39 is 0 Å². The third-order valence-electron chi connectivity index (χ3n) is 2.95. The first kappa shape index (κ1) is 14.6. The predicted molar refractivity (Wildman–Crippen MR) is 76.5 cm³/mol. The quantitative estimate of drug-likeness (QED) is 0.759. The fourth-order valence-corrected chi connectivity index (χ4v) is 2.67. The molecule has 2 nitrogen and oxygen atoms in total. The van der Waals surface area contributed by atoms with Crippen molar-refractivity contribution in [2.45, 2.75) is 31.6 Å². The third kappa shape index (κ3) is 4.70. The second-order valence-corrected chi connectivity index (χ2v) is 5.67. The fourth-order valence-electron chi connectivity index (χ4n) is 1.67. The molecule has 0 aliphatic carbocycles. The van der Waals surface area contributed by atoms with Crippen LogP contribution in [0.1, 0.15) is 31.0 Å². The highest BCUT2D eigenvalue weighted by atomic mass is 32.2. The van der Waals surface area contributed by atoms with Crippen LogP contribution in [0.2, 0.25) is 0 Å². The first-order chi connectivity index (χ1) is 8.19. The van der Waals surface area contributed by atoms with E-state index in [0.29, 0.717) is 5.25 Å². The molecule has 2 N–H and O–H groups in total. The Balaban J connectivity index is 2.52. The molecule has 0 saturated carbocycles. The molecule has 0 fully saturated rings. The maximum Gasteiger partial charge on any atom is 0.0553 e. The Morgan fingerprint density at radius 3 is 2.47 bits per heavy atom. The molecule has 2 atom stereocenters. The second-order valence-electron chi connectivity index (χ2n) is 4.19.